The molecule has 5 nitrogen and oxygen atoms in total. The van der Waals surface area contributed by atoms with Crippen LogP contribution in [-0.4, -0.2) is 38.7 Å². The van der Waals surface area contributed by atoms with Crippen LogP contribution in [0.1, 0.15) is 11.6 Å². The van der Waals surface area contributed by atoms with Crippen LogP contribution in [-0.2, 0) is 0 Å². The molecule has 1 unspecified atom stereocenters. The Morgan fingerprint density at radius 3 is 2.30 bits per heavy atom. The Balaban J connectivity index is 1.91. The number of hydrogen-bond acceptors (Lipinski definition) is 3. The van der Waals surface area contributed by atoms with Crippen molar-refractivity contribution in [3.63, 3.8) is 0 Å². The van der Waals surface area contributed by atoms with E-state index in [1.165, 1.54) is 5.56 Å². The summed E-state index contributed by atoms with van der Waals surface area (Å²) in [6.45, 7) is 0.527. The second-order valence-electron chi connectivity index (χ2n) is 5.45. The average molecular weight is 313 g/mol. The third-order valence-electron chi connectivity index (χ3n) is 3.61. The molecule has 2 N–H and O–H groups in total. The number of amides is 2. The fourth-order valence-corrected chi connectivity index (χ4v) is 2.31. The highest BCUT2D eigenvalue weighted by Crippen LogP contribution is 2.17. The third kappa shape index (κ3) is 5.00. The first-order valence-corrected chi connectivity index (χ1v) is 7.50. The fraction of sp³-hybridized carbons (Fsp3) is 0.278. The van der Waals surface area contributed by atoms with E-state index in [2.05, 4.69) is 27.7 Å². The van der Waals surface area contributed by atoms with Crippen LogP contribution in [0.2, 0.25) is 0 Å². The van der Waals surface area contributed by atoms with Crippen LogP contribution in [0.25, 0.3) is 0 Å². The second kappa shape index (κ2) is 8.19. The van der Waals surface area contributed by atoms with Crippen molar-refractivity contribution in [2.24, 2.45) is 0 Å². The van der Waals surface area contributed by atoms with Gasteiger partial charge in [-0.25, -0.2) is 4.79 Å². The highest BCUT2D eigenvalue weighted by Gasteiger charge is 2.14. The number of urea groups is 1. The fourth-order valence-electron chi connectivity index (χ4n) is 2.31. The van der Waals surface area contributed by atoms with Gasteiger partial charge in [-0.05, 0) is 43.9 Å². The molecule has 0 bridgehead atoms. The molecular formula is C18H23N3O2. The summed E-state index contributed by atoms with van der Waals surface area (Å²) in [5.74, 6) is 0.757. The summed E-state index contributed by atoms with van der Waals surface area (Å²) in [5, 5.41) is 5.73. The molecule has 23 heavy (non-hydrogen) atoms. The first-order valence-electron chi connectivity index (χ1n) is 7.50. The first kappa shape index (κ1) is 16.8. The minimum absolute atomic E-state index is 0.123. The van der Waals surface area contributed by atoms with Gasteiger partial charge in [-0.3, -0.25) is 0 Å². The molecular weight excluding hydrogens is 290 g/mol. The summed E-state index contributed by atoms with van der Waals surface area (Å²) in [6, 6.07) is 17.2. The van der Waals surface area contributed by atoms with Crippen molar-refractivity contribution in [2.45, 2.75) is 6.04 Å². The maximum atomic E-state index is 12.1. The van der Waals surface area contributed by atoms with Crippen molar-refractivity contribution < 1.29 is 9.53 Å². The molecule has 1 atom stereocenters. The van der Waals surface area contributed by atoms with Crippen LogP contribution in [0.4, 0.5) is 10.5 Å². The predicted octanol–water partition coefficient (Wildman–Crippen LogP) is 3.12. The molecule has 0 heterocycles. The number of ether oxygens (including phenoxy) is 1. The molecule has 2 aromatic rings. The van der Waals surface area contributed by atoms with Crippen molar-refractivity contribution in [3.05, 3.63) is 60.2 Å². The molecule has 0 saturated heterocycles. The van der Waals surface area contributed by atoms with Crippen LogP contribution < -0.4 is 15.4 Å². The Labute approximate surface area is 137 Å². The molecule has 0 radical (unpaired) electrons. The highest BCUT2D eigenvalue weighted by molar-refractivity contribution is 5.89. The average Bonchev–Trinajstić information content (AvgIpc) is 2.56. The van der Waals surface area contributed by atoms with E-state index in [-0.39, 0.29) is 12.1 Å². The number of rotatable bonds is 6. The van der Waals surface area contributed by atoms with Gasteiger partial charge in [0.1, 0.15) is 5.75 Å². The summed E-state index contributed by atoms with van der Waals surface area (Å²) >= 11 is 0. The van der Waals surface area contributed by atoms with Crippen LogP contribution in [0.15, 0.2) is 54.6 Å². The number of nitrogens with zero attached hydrogens (tertiary/aromatic N) is 1. The summed E-state index contributed by atoms with van der Waals surface area (Å²) in [4.78, 5) is 14.1. The molecule has 0 spiro atoms. The van der Waals surface area contributed by atoms with Gasteiger partial charge < -0.3 is 20.3 Å². The molecule has 0 aliphatic heterocycles. The lowest BCUT2D eigenvalue weighted by molar-refractivity contribution is 0.243. The number of benzene rings is 2. The van der Waals surface area contributed by atoms with Crippen molar-refractivity contribution in [1.29, 1.82) is 0 Å². The van der Waals surface area contributed by atoms with Gasteiger partial charge >= 0.3 is 6.03 Å². The zero-order valence-corrected chi connectivity index (χ0v) is 13.7. The van der Waals surface area contributed by atoms with E-state index in [1.807, 2.05) is 44.4 Å². The van der Waals surface area contributed by atoms with Gasteiger partial charge in [-0.2, -0.15) is 0 Å². The molecule has 0 aliphatic carbocycles. The molecule has 5 heteroatoms. The summed E-state index contributed by atoms with van der Waals surface area (Å²) in [6.07, 6.45) is 0. The smallest absolute Gasteiger partial charge is 0.319 e. The number of anilines is 1. The Kier molecular flexibility index (Phi) is 6.00. The Morgan fingerprint density at radius 1 is 1.09 bits per heavy atom. The molecule has 2 aromatic carbocycles. The van der Waals surface area contributed by atoms with Crippen LogP contribution in [0.5, 0.6) is 5.75 Å². The molecule has 0 saturated carbocycles. The van der Waals surface area contributed by atoms with Crippen LogP contribution >= 0.6 is 0 Å². The van der Waals surface area contributed by atoms with Crippen LogP contribution in [0, 0.1) is 0 Å². The minimum Gasteiger partial charge on any atom is -0.497 e. The third-order valence-corrected chi connectivity index (χ3v) is 3.61. The topological polar surface area (TPSA) is 53.6 Å². The van der Waals surface area contributed by atoms with Crippen molar-refractivity contribution in [1.82, 2.24) is 10.2 Å². The van der Waals surface area contributed by atoms with Gasteiger partial charge in [-0.1, -0.05) is 30.3 Å². The van der Waals surface area contributed by atoms with Gasteiger partial charge in [0.15, 0.2) is 0 Å². The lowest BCUT2D eigenvalue weighted by atomic mass is 10.1. The number of likely N-dealkylation sites (N-methyl/N-ethyl adjacent to an activating group) is 1. The molecule has 2 amide bonds. The summed E-state index contributed by atoms with van der Waals surface area (Å²) in [5.41, 5.74) is 1.90. The maximum Gasteiger partial charge on any atom is 0.319 e. The normalized spacial score (nSPS) is 11.8. The van der Waals surface area contributed by atoms with Gasteiger partial charge in [0, 0.05) is 12.2 Å². The Bertz CT molecular complexity index is 612. The first-order chi connectivity index (χ1) is 11.1. The quantitative estimate of drug-likeness (QED) is 0.861. The standard InChI is InChI=1S/C18H23N3O2/c1-21(2)17(14-7-5-4-6-8-14)13-19-18(22)20-15-9-11-16(23-3)12-10-15/h4-12,17H,13H2,1-3H3,(H2,19,20,22). The zero-order chi connectivity index (χ0) is 16.7. The molecule has 0 aliphatic rings. The van der Waals surface area contributed by atoms with E-state index in [0.29, 0.717) is 6.54 Å². The van der Waals surface area contributed by atoms with Crippen molar-refractivity contribution in [2.75, 3.05) is 33.1 Å². The van der Waals surface area contributed by atoms with E-state index in [4.69, 9.17) is 4.74 Å². The highest BCUT2D eigenvalue weighted by atomic mass is 16.5. The molecule has 0 fully saturated rings. The SMILES string of the molecule is COc1ccc(NC(=O)NCC(c2ccccc2)N(C)C)cc1. The summed E-state index contributed by atoms with van der Waals surface area (Å²) < 4.78 is 5.09. The number of carbonyl (C=O) groups excluding carboxylic acids is 1. The zero-order valence-electron chi connectivity index (χ0n) is 13.7. The Morgan fingerprint density at radius 2 is 1.74 bits per heavy atom. The van der Waals surface area contributed by atoms with Gasteiger partial charge in [0.05, 0.1) is 13.2 Å². The van der Waals surface area contributed by atoms with Crippen molar-refractivity contribution >= 4 is 11.7 Å². The number of carbonyl (C=O) groups is 1. The second-order valence-corrected chi connectivity index (χ2v) is 5.45. The van der Waals surface area contributed by atoms with Gasteiger partial charge in [-0.15, -0.1) is 0 Å². The number of hydrogen-bond donors (Lipinski definition) is 2. The monoisotopic (exact) mass is 313 g/mol. The van der Waals surface area contributed by atoms with Gasteiger partial charge in [0.2, 0.25) is 0 Å². The van der Waals surface area contributed by atoms with E-state index >= 15 is 0 Å². The predicted molar refractivity (Wildman–Crippen MR) is 92.9 cm³/mol. The van der Waals surface area contributed by atoms with Gasteiger partial charge in [0.25, 0.3) is 0 Å². The van der Waals surface area contributed by atoms with E-state index in [1.54, 1.807) is 19.2 Å². The van der Waals surface area contributed by atoms with Crippen molar-refractivity contribution in [3.8, 4) is 5.75 Å². The molecule has 2 rings (SSSR count). The largest absolute Gasteiger partial charge is 0.497 e. The number of nitrogens with one attached hydrogen (secondary N) is 2. The van der Waals surface area contributed by atoms with E-state index in [9.17, 15) is 4.79 Å². The maximum absolute atomic E-state index is 12.1. The minimum atomic E-state index is -0.224. The van der Waals surface area contributed by atoms with E-state index in [0.717, 1.165) is 11.4 Å². The Hall–Kier alpha value is -2.53. The number of methoxy groups -OCH3 is 1. The van der Waals surface area contributed by atoms with Crippen LogP contribution in [0.3, 0.4) is 0 Å². The lowest BCUT2D eigenvalue weighted by Crippen LogP contribution is -2.36. The molecule has 0 aromatic heterocycles. The summed E-state index contributed by atoms with van der Waals surface area (Å²) in [7, 11) is 5.61. The van der Waals surface area contributed by atoms with E-state index < -0.39 is 0 Å². The molecule has 122 valence electrons. The lowest BCUT2D eigenvalue weighted by Gasteiger charge is -2.25.